The second kappa shape index (κ2) is 7.47. The van der Waals surface area contributed by atoms with E-state index in [1.807, 2.05) is 5.38 Å². The quantitative estimate of drug-likeness (QED) is 0.473. The number of anilines is 1. The first-order valence-electron chi connectivity index (χ1n) is 8.79. The fraction of sp³-hybridized carbons (Fsp3) is 0.200. The Morgan fingerprint density at radius 3 is 2.79 bits per heavy atom. The highest BCUT2D eigenvalue weighted by Crippen LogP contribution is 2.32. The van der Waals surface area contributed by atoms with Crippen molar-refractivity contribution in [3.63, 3.8) is 0 Å². The topological polar surface area (TPSA) is 76.3 Å². The maximum atomic E-state index is 13.0. The lowest BCUT2D eigenvalue weighted by Gasteiger charge is -2.16. The summed E-state index contributed by atoms with van der Waals surface area (Å²) in [6, 6.07) is 10.8. The number of hydrogen-bond acceptors (Lipinski definition) is 5. The summed E-state index contributed by atoms with van der Waals surface area (Å²) in [7, 11) is 0. The highest BCUT2D eigenvalue weighted by molar-refractivity contribution is 7.09. The Balaban J connectivity index is 1.43. The molecular formula is C20H16FN3O3S. The molecule has 1 aliphatic rings. The molecule has 0 unspecified atom stereocenters. The highest BCUT2D eigenvalue weighted by atomic mass is 32.1. The molecule has 8 heteroatoms. The first kappa shape index (κ1) is 18.2. The molecule has 1 aliphatic heterocycles. The van der Waals surface area contributed by atoms with Gasteiger partial charge < -0.3 is 4.90 Å². The summed E-state index contributed by atoms with van der Waals surface area (Å²) >= 11 is 1.46. The molecule has 1 aromatic heterocycles. The van der Waals surface area contributed by atoms with Gasteiger partial charge in [0.2, 0.25) is 5.91 Å². The van der Waals surface area contributed by atoms with E-state index in [-0.39, 0.29) is 23.8 Å². The number of carbonyl (C=O) groups is 1. The van der Waals surface area contributed by atoms with Gasteiger partial charge in [0, 0.05) is 42.5 Å². The van der Waals surface area contributed by atoms with Crippen LogP contribution in [0.4, 0.5) is 15.8 Å². The summed E-state index contributed by atoms with van der Waals surface area (Å²) in [5.41, 5.74) is 3.16. The van der Waals surface area contributed by atoms with Crippen LogP contribution in [0, 0.1) is 15.9 Å². The van der Waals surface area contributed by atoms with Crippen LogP contribution < -0.4 is 4.90 Å². The van der Waals surface area contributed by atoms with Gasteiger partial charge in [-0.1, -0.05) is 6.07 Å². The van der Waals surface area contributed by atoms with Gasteiger partial charge in [0.05, 0.1) is 21.3 Å². The fourth-order valence-corrected chi connectivity index (χ4v) is 4.08. The number of thiazole rings is 1. The molecule has 0 aliphatic carbocycles. The molecule has 0 saturated carbocycles. The standard InChI is InChI=1S/C20H16FN3O3S/c21-15-4-1-13(2-5-15)17-12-28-19(22-17)7-8-20(25)23-10-9-14-3-6-16(24(26)27)11-18(14)23/h1-6,11-12H,7-10H2. The monoisotopic (exact) mass is 397 g/mol. The Bertz CT molecular complexity index is 1050. The number of fused-ring (bicyclic) bond motifs is 1. The van der Waals surface area contributed by atoms with Crippen LogP contribution in [0.15, 0.2) is 47.8 Å². The zero-order chi connectivity index (χ0) is 19.7. The average molecular weight is 397 g/mol. The Morgan fingerprint density at radius 2 is 2.04 bits per heavy atom. The van der Waals surface area contributed by atoms with Crippen molar-refractivity contribution in [3.8, 4) is 11.3 Å². The molecule has 0 radical (unpaired) electrons. The lowest BCUT2D eigenvalue weighted by molar-refractivity contribution is -0.384. The lowest BCUT2D eigenvalue weighted by atomic mass is 10.1. The Morgan fingerprint density at radius 1 is 1.25 bits per heavy atom. The fourth-order valence-electron chi connectivity index (χ4n) is 3.27. The number of benzene rings is 2. The predicted molar refractivity (Wildman–Crippen MR) is 105 cm³/mol. The van der Waals surface area contributed by atoms with Crippen molar-refractivity contribution in [3.05, 3.63) is 74.3 Å². The third-order valence-corrected chi connectivity index (χ3v) is 5.63. The maximum absolute atomic E-state index is 13.0. The van der Waals surface area contributed by atoms with Crippen molar-refractivity contribution in [1.29, 1.82) is 0 Å². The molecule has 0 spiro atoms. The SMILES string of the molecule is O=C(CCc1nc(-c2ccc(F)cc2)cs1)N1CCc2ccc([N+](=O)[O-])cc21. The summed E-state index contributed by atoms with van der Waals surface area (Å²) < 4.78 is 13.0. The van der Waals surface area contributed by atoms with E-state index in [4.69, 9.17) is 0 Å². The number of nitro groups is 1. The van der Waals surface area contributed by atoms with Crippen LogP contribution in [0.2, 0.25) is 0 Å². The average Bonchev–Trinajstić information content (AvgIpc) is 3.33. The molecule has 0 bridgehead atoms. The summed E-state index contributed by atoms with van der Waals surface area (Å²) in [5.74, 6) is -0.367. The van der Waals surface area contributed by atoms with Crippen molar-refractivity contribution >= 4 is 28.6 Å². The van der Waals surface area contributed by atoms with E-state index < -0.39 is 4.92 Å². The molecule has 142 valence electrons. The van der Waals surface area contributed by atoms with Crippen LogP contribution in [0.5, 0.6) is 0 Å². The molecule has 28 heavy (non-hydrogen) atoms. The van der Waals surface area contributed by atoms with Gasteiger partial charge in [-0.05, 0) is 36.2 Å². The largest absolute Gasteiger partial charge is 0.312 e. The first-order chi connectivity index (χ1) is 13.5. The molecule has 6 nitrogen and oxygen atoms in total. The number of carbonyl (C=O) groups excluding carboxylic acids is 1. The smallest absolute Gasteiger partial charge is 0.271 e. The summed E-state index contributed by atoms with van der Waals surface area (Å²) in [6.07, 6.45) is 1.47. The van der Waals surface area contributed by atoms with Gasteiger partial charge in [0.25, 0.3) is 5.69 Å². The van der Waals surface area contributed by atoms with Crippen LogP contribution in [0.25, 0.3) is 11.3 Å². The zero-order valence-electron chi connectivity index (χ0n) is 14.8. The van der Waals surface area contributed by atoms with Gasteiger partial charge >= 0.3 is 0 Å². The maximum Gasteiger partial charge on any atom is 0.271 e. The van der Waals surface area contributed by atoms with E-state index in [0.29, 0.717) is 25.1 Å². The van der Waals surface area contributed by atoms with Crippen LogP contribution in [-0.2, 0) is 17.6 Å². The number of halogens is 1. The minimum Gasteiger partial charge on any atom is -0.312 e. The summed E-state index contributed by atoms with van der Waals surface area (Å²) in [4.78, 5) is 29.4. The van der Waals surface area contributed by atoms with Crippen molar-refractivity contribution in [2.75, 3.05) is 11.4 Å². The van der Waals surface area contributed by atoms with Crippen molar-refractivity contribution < 1.29 is 14.1 Å². The van der Waals surface area contributed by atoms with Crippen molar-refractivity contribution in [1.82, 2.24) is 4.98 Å². The van der Waals surface area contributed by atoms with Gasteiger partial charge in [-0.25, -0.2) is 9.37 Å². The van der Waals surface area contributed by atoms with Gasteiger partial charge in [-0.2, -0.15) is 0 Å². The Labute approximate surface area is 164 Å². The van der Waals surface area contributed by atoms with Gasteiger partial charge in [-0.3, -0.25) is 14.9 Å². The van der Waals surface area contributed by atoms with E-state index >= 15 is 0 Å². The number of aromatic nitrogens is 1. The molecule has 2 heterocycles. The first-order valence-corrected chi connectivity index (χ1v) is 9.67. The number of nitrogens with zero attached hydrogens (tertiary/aromatic N) is 3. The highest BCUT2D eigenvalue weighted by Gasteiger charge is 2.26. The molecule has 0 atom stereocenters. The van der Waals surface area contributed by atoms with Gasteiger partial charge in [-0.15, -0.1) is 11.3 Å². The molecule has 0 saturated heterocycles. The van der Waals surface area contributed by atoms with Crippen LogP contribution in [-0.4, -0.2) is 22.4 Å². The lowest BCUT2D eigenvalue weighted by Crippen LogP contribution is -2.29. The van der Waals surface area contributed by atoms with E-state index in [1.165, 1.54) is 35.6 Å². The molecule has 2 aromatic carbocycles. The third kappa shape index (κ3) is 3.63. The van der Waals surface area contributed by atoms with E-state index in [2.05, 4.69) is 4.98 Å². The third-order valence-electron chi connectivity index (χ3n) is 4.72. The van der Waals surface area contributed by atoms with Crippen LogP contribution in [0.1, 0.15) is 17.0 Å². The number of non-ortho nitro benzene ring substituents is 1. The molecular weight excluding hydrogens is 381 g/mol. The minimum absolute atomic E-state index is 0.0117. The Kier molecular flexibility index (Phi) is 4.87. The predicted octanol–water partition coefficient (Wildman–Crippen LogP) is 4.38. The Hall–Kier alpha value is -3.13. The number of aryl methyl sites for hydroxylation is 1. The molecule has 3 aromatic rings. The van der Waals surface area contributed by atoms with E-state index in [1.54, 1.807) is 23.1 Å². The molecule has 0 N–H and O–H groups in total. The normalized spacial score (nSPS) is 12.8. The van der Waals surface area contributed by atoms with Crippen LogP contribution >= 0.6 is 11.3 Å². The zero-order valence-corrected chi connectivity index (χ0v) is 15.6. The van der Waals surface area contributed by atoms with Crippen molar-refractivity contribution in [2.24, 2.45) is 0 Å². The van der Waals surface area contributed by atoms with Gasteiger partial charge in [0.1, 0.15) is 5.82 Å². The molecule has 4 rings (SSSR count). The van der Waals surface area contributed by atoms with Gasteiger partial charge in [0.15, 0.2) is 0 Å². The molecule has 1 amide bonds. The van der Waals surface area contributed by atoms with Crippen molar-refractivity contribution in [2.45, 2.75) is 19.3 Å². The second-order valence-electron chi connectivity index (χ2n) is 6.50. The number of nitro benzene ring substituents is 1. The number of rotatable bonds is 5. The van der Waals surface area contributed by atoms with Crippen LogP contribution in [0.3, 0.4) is 0 Å². The van der Waals surface area contributed by atoms with E-state index in [9.17, 15) is 19.3 Å². The summed E-state index contributed by atoms with van der Waals surface area (Å²) in [5, 5.41) is 13.7. The minimum atomic E-state index is -0.451. The summed E-state index contributed by atoms with van der Waals surface area (Å²) in [6.45, 7) is 0.536. The second-order valence-corrected chi connectivity index (χ2v) is 7.44. The number of amides is 1. The molecule has 0 fully saturated rings. The number of hydrogen-bond donors (Lipinski definition) is 0. The van der Waals surface area contributed by atoms with E-state index in [0.717, 1.165) is 21.8 Å².